The number of methoxy groups -OCH3 is 1. The summed E-state index contributed by atoms with van der Waals surface area (Å²) in [5.74, 6) is 0.435. The molecular weight excluding hydrogens is 310 g/mol. The summed E-state index contributed by atoms with van der Waals surface area (Å²) in [6.07, 6.45) is 3.14. The van der Waals surface area contributed by atoms with Gasteiger partial charge in [0.05, 0.1) is 13.7 Å². The van der Waals surface area contributed by atoms with Gasteiger partial charge in [-0.2, -0.15) is 5.48 Å². The highest BCUT2D eigenvalue weighted by Gasteiger charge is 2.18. The first-order valence-electron chi connectivity index (χ1n) is 8.31. The maximum absolute atomic E-state index is 11.5. The van der Waals surface area contributed by atoms with Crippen LogP contribution in [0.1, 0.15) is 30.9 Å². The third-order valence-corrected chi connectivity index (χ3v) is 4.24. The van der Waals surface area contributed by atoms with E-state index >= 15 is 0 Å². The van der Waals surface area contributed by atoms with Gasteiger partial charge in [-0.1, -0.05) is 0 Å². The lowest BCUT2D eigenvalue weighted by Gasteiger charge is -2.29. The van der Waals surface area contributed by atoms with Crippen molar-refractivity contribution in [3.63, 3.8) is 0 Å². The number of carbonyl (C=O) groups excluding carboxylic acids is 1. The topological polar surface area (TPSA) is 94.1 Å². The Hall–Kier alpha value is -1.83. The first kappa shape index (κ1) is 18.5. The van der Waals surface area contributed by atoms with E-state index in [0.717, 1.165) is 37.9 Å². The van der Waals surface area contributed by atoms with Gasteiger partial charge in [0.2, 0.25) is 5.91 Å². The molecule has 7 nitrogen and oxygen atoms in total. The lowest BCUT2D eigenvalue weighted by molar-refractivity contribution is -0.122. The molecule has 1 aliphatic heterocycles. The lowest BCUT2D eigenvalue weighted by Crippen LogP contribution is -2.44. The standard InChI is InChI=1S/C17H27N3O4/c1-12(19-17(22)9-18-23)10-20-6-4-3-5-13-8-16(24-2)15(21)7-14(13)11-20/h7-8,12,18,21,23H,3-6,9-11H2,1-2H3,(H,19,22)/t12-/m0/s1. The fraction of sp³-hybridized carbons (Fsp3) is 0.588. The van der Waals surface area contributed by atoms with E-state index in [1.165, 1.54) is 5.56 Å². The molecule has 0 bridgehead atoms. The highest BCUT2D eigenvalue weighted by atomic mass is 16.5. The largest absolute Gasteiger partial charge is 0.504 e. The van der Waals surface area contributed by atoms with Gasteiger partial charge in [-0.05, 0) is 56.0 Å². The summed E-state index contributed by atoms with van der Waals surface area (Å²) < 4.78 is 5.20. The van der Waals surface area contributed by atoms with E-state index in [4.69, 9.17) is 9.94 Å². The highest BCUT2D eigenvalue weighted by Crippen LogP contribution is 2.31. The summed E-state index contributed by atoms with van der Waals surface area (Å²) in [6, 6.07) is 3.68. The van der Waals surface area contributed by atoms with Gasteiger partial charge in [-0.3, -0.25) is 9.69 Å². The zero-order valence-electron chi connectivity index (χ0n) is 14.3. The Morgan fingerprint density at radius 3 is 2.88 bits per heavy atom. The number of phenols is 1. The van der Waals surface area contributed by atoms with E-state index in [1.807, 2.05) is 18.5 Å². The van der Waals surface area contributed by atoms with E-state index in [9.17, 15) is 9.90 Å². The smallest absolute Gasteiger partial charge is 0.236 e. The number of rotatable bonds is 6. The molecule has 1 heterocycles. The zero-order chi connectivity index (χ0) is 17.5. The van der Waals surface area contributed by atoms with Gasteiger partial charge in [-0.25, -0.2) is 0 Å². The molecule has 0 spiro atoms. The van der Waals surface area contributed by atoms with Gasteiger partial charge < -0.3 is 20.4 Å². The van der Waals surface area contributed by atoms with Crippen LogP contribution in [0, 0.1) is 0 Å². The van der Waals surface area contributed by atoms with Crippen LogP contribution in [-0.4, -0.2) is 53.9 Å². The maximum atomic E-state index is 11.5. The number of nitrogens with zero attached hydrogens (tertiary/aromatic N) is 1. The molecule has 1 aliphatic rings. The van der Waals surface area contributed by atoms with Crippen LogP contribution >= 0.6 is 0 Å². The Morgan fingerprint density at radius 2 is 2.17 bits per heavy atom. The number of aryl methyl sites for hydroxylation is 1. The van der Waals surface area contributed by atoms with Crippen molar-refractivity contribution >= 4 is 5.91 Å². The first-order valence-corrected chi connectivity index (χ1v) is 8.31. The molecule has 1 amide bonds. The zero-order valence-corrected chi connectivity index (χ0v) is 14.3. The molecule has 2 rings (SSSR count). The van der Waals surface area contributed by atoms with E-state index in [1.54, 1.807) is 13.2 Å². The van der Waals surface area contributed by atoms with E-state index < -0.39 is 0 Å². The second kappa shape index (κ2) is 8.86. The number of aromatic hydroxyl groups is 1. The Kier molecular flexibility index (Phi) is 6.84. The predicted molar refractivity (Wildman–Crippen MR) is 90.3 cm³/mol. The average Bonchev–Trinajstić information content (AvgIpc) is 2.50. The van der Waals surface area contributed by atoms with Crippen LogP contribution < -0.4 is 15.5 Å². The molecule has 0 unspecified atom stereocenters. The summed E-state index contributed by atoms with van der Waals surface area (Å²) in [5.41, 5.74) is 4.16. The van der Waals surface area contributed by atoms with Crippen molar-refractivity contribution in [3.05, 3.63) is 23.3 Å². The van der Waals surface area contributed by atoms with E-state index in [0.29, 0.717) is 12.3 Å². The van der Waals surface area contributed by atoms with Gasteiger partial charge in [0.15, 0.2) is 11.5 Å². The second-order valence-corrected chi connectivity index (χ2v) is 6.29. The van der Waals surface area contributed by atoms with Gasteiger partial charge in [-0.15, -0.1) is 0 Å². The van der Waals surface area contributed by atoms with Crippen LogP contribution in [0.3, 0.4) is 0 Å². The SMILES string of the molecule is COc1cc2c(cc1O)CN(C[C@H](C)NC(=O)CNO)CCCC2. The first-order chi connectivity index (χ1) is 11.5. The number of carbonyl (C=O) groups is 1. The van der Waals surface area contributed by atoms with Crippen LogP contribution in [0.5, 0.6) is 11.5 Å². The Bertz CT molecular complexity index is 565. The minimum atomic E-state index is -0.236. The average molecular weight is 337 g/mol. The Balaban J connectivity index is 2.05. The normalized spacial score (nSPS) is 16.6. The molecule has 0 aliphatic carbocycles. The number of hydroxylamine groups is 1. The fourth-order valence-electron chi connectivity index (χ4n) is 3.15. The van der Waals surface area contributed by atoms with Crippen molar-refractivity contribution in [1.82, 2.24) is 15.7 Å². The number of nitrogens with one attached hydrogen (secondary N) is 2. The predicted octanol–water partition coefficient (Wildman–Crippen LogP) is 1.02. The van der Waals surface area contributed by atoms with Crippen molar-refractivity contribution in [1.29, 1.82) is 0 Å². The minimum absolute atomic E-state index is 0.0272. The quantitative estimate of drug-likeness (QED) is 0.579. The van der Waals surface area contributed by atoms with E-state index in [-0.39, 0.29) is 24.2 Å². The molecule has 7 heteroatoms. The van der Waals surface area contributed by atoms with Crippen LogP contribution in [0.25, 0.3) is 0 Å². The molecule has 0 aromatic heterocycles. The van der Waals surface area contributed by atoms with Crippen LogP contribution in [0.2, 0.25) is 0 Å². The number of phenolic OH excluding ortho intramolecular Hbond substituents is 1. The molecule has 0 fully saturated rings. The van der Waals surface area contributed by atoms with Crippen molar-refractivity contribution in [2.75, 3.05) is 26.7 Å². The van der Waals surface area contributed by atoms with Gasteiger partial charge in [0, 0.05) is 19.1 Å². The number of benzene rings is 1. The highest BCUT2D eigenvalue weighted by molar-refractivity contribution is 5.78. The number of hydrogen-bond acceptors (Lipinski definition) is 6. The molecule has 1 aromatic rings. The minimum Gasteiger partial charge on any atom is -0.504 e. The number of fused-ring (bicyclic) bond motifs is 1. The summed E-state index contributed by atoms with van der Waals surface area (Å²) >= 11 is 0. The molecule has 134 valence electrons. The van der Waals surface area contributed by atoms with Crippen molar-refractivity contribution < 1.29 is 19.8 Å². The van der Waals surface area contributed by atoms with Crippen LogP contribution in [0.4, 0.5) is 0 Å². The third-order valence-electron chi connectivity index (χ3n) is 4.24. The van der Waals surface area contributed by atoms with Crippen molar-refractivity contribution in [2.45, 2.75) is 38.8 Å². The molecule has 0 saturated heterocycles. The van der Waals surface area contributed by atoms with E-state index in [2.05, 4.69) is 10.2 Å². The maximum Gasteiger partial charge on any atom is 0.236 e. The lowest BCUT2D eigenvalue weighted by atomic mass is 9.98. The monoisotopic (exact) mass is 337 g/mol. The molecule has 4 N–H and O–H groups in total. The third kappa shape index (κ3) is 5.09. The molecule has 0 saturated carbocycles. The fourth-order valence-corrected chi connectivity index (χ4v) is 3.15. The van der Waals surface area contributed by atoms with Crippen molar-refractivity contribution in [2.24, 2.45) is 0 Å². The number of hydrogen-bond donors (Lipinski definition) is 4. The molecule has 1 aromatic carbocycles. The van der Waals surface area contributed by atoms with Gasteiger partial charge >= 0.3 is 0 Å². The van der Waals surface area contributed by atoms with Crippen LogP contribution in [0.15, 0.2) is 12.1 Å². The summed E-state index contributed by atoms with van der Waals surface area (Å²) in [6.45, 7) is 4.22. The number of ether oxygens (including phenoxy) is 1. The van der Waals surface area contributed by atoms with Gasteiger partial charge in [0.25, 0.3) is 0 Å². The van der Waals surface area contributed by atoms with Gasteiger partial charge in [0.1, 0.15) is 0 Å². The second-order valence-electron chi connectivity index (χ2n) is 6.29. The molecule has 24 heavy (non-hydrogen) atoms. The Morgan fingerprint density at radius 1 is 1.38 bits per heavy atom. The molecular formula is C17H27N3O4. The van der Waals surface area contributed by atoms with Crippen LogP contribution in [-0.2, 0) is 17.8 Å². The Labute approximate surface area is 142 Å². The van der Waals surface area contributed by atoms with Crippen molar-refractivity contribution in [3.8, 4) is 11.5 Å². The number of amides is 1. The summed E-state index contributed by atoms with van der Waals surface area (Å²) in [7, 11) is 1.56. The summed E-state index contributed by atoms with van der Waals surface area (Å²) in [5, 5.41) is 21.5. The molecule has 0 radical (unpaired) electrons. The summed E-state index contributed by atoms with van der Waals surface area (Å²) in [4.78, 5) is 13.8. The molecule has 1 atom stereocenters.